The number of halogens is 3. The molecule has 5 nitrogen and oxygen atoms in total. The van der Waals surface area contributed by atoms with Gasteiger partial charge in [-0.15, -0.1) is 0 Å². The van der Waals surface area contributed by atoms with E-state index in [1.165, 1.54) is 43.5 Å². The van der Waals surface area contributed by atoms with Gasteiger partial charge in [0.1, 0.15) is 5.56 Å². The normalized spacial score (nSPS) is 15.4. The van der Waals surface area contributed by atoms with Crippen molar-refractivity contribution in [3.8, 4) is 0 Å². The van der Waals surface area contributed by atoms with Crippen molar-refractivity contribution in [2.45, 2.75) is 57.4 Å². The second-order valence-corrected chi connectivity index (χ2v) is 7.77. The minimum absolute atomic E-state index is 0.0551. The molecule has 0 aliphatic heterocycles. The molecule has 30 heavy (non-hydrogen) atoms. The van der Waals surface area contributed by atoms with E-state index in [0.29, 0.717) is 18.3 Å². The summed E-state index contributed by atoms with van der Waals surface area (Å²) >= 11 is 0. The standard InChI is InChI=1S/C22H26F3N3O2/c1-28(17-8-3-2-4-9-17)14-16-11-12-18(21(30)27-16)20(29)26-13-15-7-5-6-10-19(15)22(23,24)25/h5-7,10-12,17H,2-4,8-9,13-14H2,1H3,(H,26,29)(H,27,30). The number of carbonyl (C=O) groups is 1. The number of aromatic amines is 1. The van der Waals surface area contributed by atoms with Crippen molar-refractivity contribution in [3.05, 3.63) is 69.1 Å². The lowest BCUT2D eigenvalue weighted by Crippen LogP contribution is -2.34. The summed E-state index contributed by atoms with van der Waals surface area (Å²) in [6, 6.07) is 8.62. The van der Waals surface area contributed by atoms with E-state index >= 15 is 0 Å². The van der Waals surface area contributed by atoms with Crippen LogP contribution in [0.25, 0.3) is 0 Å². The molecule has 3 rings (SSSR count). The molecule has 0 radical (unpaired) electrons. The number of H-pyrrole nitrogens is 1. The van der Waals surface area contributed by atoms with Crippen LogP contribution in [0.1, 0.15) is 59.3 Å². The Kier molecular flexibility index (Phi) is 6.97. The monoisotopic (exact) mass is 421 g/mol. The molecule has 1 fully saturated rings. The van der Waals surface area contributed by atoms with Crippen molar-refractivity contribution < 1.29 is 18.0 Å². The lowest BCUT2D eigenvalue weighted by molar-refractivity contribution is -0.138. The molecule has 1 aliphatic rings. The van der Waals surface area contributed by atoms with Crippen LogP contribution in [0.2, 0.25) is 0 Å². The zero-order valence-corrected chi connectivity index (χ0v) is 16.9. The maximum Gasteiger partial charge on any atom is 0.416 e. The molecule has 0 spiro atoms. The van der Waals surface area contributed by atoms with E-state index in [1.807, 2.05) is 7.05 Å². The van der Waals surface area contributed by atoms with Gasteiger partial charge in [0.05, 0.1) is 5.56 Å². The smallest absolute Gasteiger partial charge is 0.348 e. The predicted octanol–water partition coefficient (Wildman–Crippen LogP) is 4.09. The summed E-state index contributed by atoms with van der Waals surface area (Å²) in [6.07, 6.45) is 1.45. The number of amides is 1. The molecule has 0 atom stereocenters. The Hall–Kier alpha value is -2.61. The molecule has 2 N–H and O–H groups in total. The second kappa shape index (κ2) is 9.47. The van der Waals surface area contributed by atoms with Gasteiger partial charge in [-0.1, -0.05) is 37.5 Å². The molecule has 1 saturated carbocycles. The second-order valence-electron chi connectivity index (χ2n) is 7.77. The Balaban J connectivity index is 1.64. The number of hydrogen-bond acceptors (Lipinski definition) is 3. The van der Waals surface area contributed by atoms with Gasteiger partial charge in [0.25, 0.3) is 11.5 Å². The minimum Gasteiger partial charge on any atom is -0.348 e. The van der Waals surface area contributed by atoms with E-state index in [-0.39, 0.29) is 17.7 Å². The summed E-state index contributed by atoms with van der Waals surface area (Å²) in [4.78, 5) is 29.6. The van der Waals surface area contributed by atoms with Crippen LogP contribution in [0.3, 0.4) is 0 Å². The van der Waals surface area contributed by atoms with Crippen LogP contribution < -0.4 is 10.9 Å². The van der Waals surface area contributed by atoms with Crippen molar-refractivity contribution in [2.24, 2.45) is 0 Å². The molecule has 1 aliphatic carbocycles. The SMILES string of the molecule is CN(Cc1ccc(C(=O)NCc2ccccc2C(F)(F)F)c(=O)[nH]1)C1CCCCC1. The fourth-order valence-electron chi connectivity index (χ4n) is 3.93. The summed E-state index contributed by atoms with van der Waals surface area (Å²) in [6.45, 7) is 0.251. The lowest BCUT2D eigenvalue weighted by Gasteiger charge is -2.31. The van der Waals surface area contributed by atoms with Gasteiger partial charge in [0.2, 0.25) is 0 Å². The Morgan fingerprint density at radius 3 is 2.50 bits per heavy atom. The van der Waals surface area contributed by atoms with Gasteiger partial charge in [0, 0.05) is 24.8 Å². The van der Waals surface area contributed by atoms with Crippen molar-refractivity contribution in [1.29, 1.82) is 0 Å². The third kappa shape index (κ3) is 5.50. The first-order valence-corrected chi connectivity index (χ1v) is 10.1. The van der Waals surface area contributed by atoms with Crippen LogP contribution >= 0.6 is 0 Å². The van der Waals surface area contributed by atoms with Gasteiger partial charge in [-0.3, -0.25) is 14.5 Å². The van der Waals surface area contributed by atoms with Gasteiger partial charge in [-0.2, -0.15) is 13.2 Å². The molecule has 8 heteroatoms. The Bertz CT molecular complexity index is 934. The first-order valence-electron chi connectivity index (χ1n) is 10.1. The van der Waals surface area contributed by atoms with Crippen LogP contribution in [0.15, 0.2) is 41.2 Å². The fourth-order valence-corrected chi connectivity index (χ4v) is 3.93. The zero-order valence-electron chi connectivity index (χ0n) is 16.9. The zero-order chi connectivity index (χ0) is 21.7. The van der Waals surface area contributed by atoms with Crippen LogP contribution in [0.5, 0.6) is 0 Å². The van der Waals surface area contributed by atoms with E-state index in [9.17, 15) is 22.8 Å². The average molecular weight is 421 g/mol. The third-order valence-electron chi connectivity index (χ3n) is 5.59. The molecule has 0 unspecified atom stereocenters. The number of nitrogens with zero attached hydrogens (tertiary/aromatic N) is 1. The minimum atomic E-state index is -4.51. The predicted molar refractivity (Wildman–Crippen MR) is 108 cm³/mol. The van der Waals surface area contributed by atoms with Gasteiger partial charge in [0.15, 0.2) is 0 Å². The van der Waals surface area contributed by atoms with E-state index in [0.717, 1.165) is 18.9 Å². The quantitative estimate of drug-likeness (QED) is 0.739. The molecule has 2 aromatic rings. The Morgan fingerprint density at radius 1 is 1.13 bits per heavy atom. The van der Waals surface area contributed by atoms with Crippen molar-refractivity contribution in [3.63, 3.8) is 0 Å². The Morgan fingerprint density at radius 2 is 1.83 bits per heavy atom. The lowest BCUT2D eigenvalue weighted by atomic mass is 9.94. The summed E-state index contributed by atoms with van der Waals surface area (Å²) in [7, 11) is 2.02. The number of hydrogen-bond donors (Lipinski definition) is 2. The topological polar surface area (TPSA) is 65.2 Å². The maximum atomic E-state index is 13.1. The molecular formula is C22H26F3N3O2. The molecule has 1 heterocycles. The van der Waals surface area contributed by atoms with Gasteiger partial charge in [-0.05, 0) is 43.7 Å². The van der Waals surface area contributed by atoms with E-state index in [4.69, 9.17) is 0 Å². The van der Waals surface area contributed by atoms with Crippen molar-refractivity contribution >= 4 is 5.91 Å². The summed E-state index contributed by atoms with van der Waals surface area (Å²) in [5, 5.41) is 2.41. The average Bonchev–Trinajstić information content (AvgIpc) is 2.72. The molecule has 162 valence electrons. The highest BCUT2D eigenvalue weighted by atomic mass is 19.4. The summed E-state index contributed by atoms with van der Waals surface area (Å²) in [5.41, 5.74) is -0.831. The largest absolute Gasteiger partial charge is 0.416 e. The van der Waals surface area contributed by atoms with Gasteiger partial charge in [-0.25, -0.2) is 0 Å². The summed E-state index contributed by atoms with van der Waals surface area (Å²) < 4.78 is 39.2. The van der Waals surface area contributed by atoms with E-state index < -0.39 is 23.2 Å². The number of pyridine rings is 1. The van der Waals surface area contributed by atoms with E-state index in [2.05, 4.69) is 15.2 Å². The number of rotatable bonds is 6. The highest BCUT2D eigenvalue weighted by Gasteiger charge is 2.32. The highest BCUT2D eigenvalue weighted by molar-refractivity contribution is 5.93. The van der Waals surface area contributed by atoms with Crippen molar-refractivity contribution in [1.82, 2.24) is 15.2 Å². The number of benzene rings is 1. The van der Waals surface area contributed by atoms with Crippen LogP contribution in [0.4, 0.5) is 13.2 Å². The number of alkyl halides is 3. The number of aromatic nitrogens is 1. The molecule has 0 bridgehead atoms. The molecule has 1 amide bonds. The molecule has 0 saturated heterocycles. The summed E-state index contributed by atoms with van der Waals surface area (Å²) in [5.74, 6) is -0.708. The molecule has 1 aromatic heterocycles. The van der Waals surface area contributed by atoms with Crippen LogP contribution in [-0.2, 0) is 19.3 Å². The first-order chi connectivity index (χ1) is 14.3. The third-order valence-corrected chi connectivity index (χ3v) is 5.59. The van der Waals surface area contributed by atoms with Gasteiger partial charge >= 0.3 is 6.18 Å². The van der Waals surface area contributed by atoms with Crippen molar-refractivity contribution in [2.75, 3.05) is 7.05 Å². The Labute approximate surface area is 173 Å². The highest BCUT2D eigenvalue weighted by Crippen LogP contribution is 2.31. The van der Waals surface area contributed by atoms with Crippen LogP contribution in [-0.4, -0.2) is 28.9 Å². The maximum absolute atomic E-state index is 13.1. The number of carbonyl (C=O) groups excluding carboxylic acids is 1. The van der Waals surface area contributed by atoms with Gasteiger partial charge < -0.3 is 10.3 Å². The first kappa shape index (κ1) is 22.1. The number of nitrogens with one attached hydrogen (secondary N) is 2. The molecular weight excluding hydrogens is 395 g/mol. The van der Waals surface area contributed by atoms with E-state index in [1.54, 1.807) is 6.07 Å². The molecule has 1 aromatic carbocycles. The fraction of sp³-hybridized carbons (Fsp3) is 0.455. The van der Waals surface area contributed by atoms with Crippen LogP contribution in [0, 0.1) is 0 Å².